The smallest absolute Gasteiger partial charge is 0.187 e. The number of carbonyl (C=O) groups excluding carboxylic acids is 1. The Morgan fingerprint density at radius 3 is 2.82 bits per heavy atom. The normalized spacial score (nSPS) is 10.8. The minimum Gasteiger partial charge on any atom is -0.292 e. The number of aryl methyl sites for hydroxylation is 3. The number of thiazole rings is 1. The highest BCUT2D eigenvalue weighted by molar-refractivity contribution is 7.09. The van der Waals surface area contributed by atoms with E-state index in [0.717, 1.165) is 22.8 Å². The summed E-state index contributed by atoms with van der Waals surface area (Å²) in [6, 6.07) is 1.86. The zero-order chi connectivity index (χ0) is 12.4. The number of rotatable bonds is 4. The van der Waals surface area contributed by atoms with Crippen molar-refractivity contribution in [3.8, 4) is 0 Å². The van der Waals surface area contributed by atoms with Crippen molar-refractivity contribution in [2.75, 3.05) is 0 Å². The quantitative estimate of drug-likeness (QED) is 0.780. The van der Waals surface area contributed by atoms with Gasteiger partial charge in [-0.2, -0.15) is 5.10 Å². The third-order valence-corrected chi connectivity index (χ3v) is 3.52. The molecule has 90 valence electrons. The molecule has 0 N–H and O–H groups in total. The minimum atomic E-state index is 0.0778. The van der Waals surface area contributed by atoms with Gasteiger partial charge in [-0.1, -0.05) is 6.92 Å². The molecule has 4 nitrogen and oxygen atoms in total. The lowest BCUT2D eigenvalue weighted by Gasteiger charge is -1.98. The van der Waals surface area contributed by atoms with Crippen molar-refractivity contribution in [3.05, 3.63) is 33.5 Å². The summed E-state index contributed by atoms with van der Waals surface area (Å²) >= 11 is 1.53. The average Bonchev–Trinajstić information content (AvgIpc) is 2.85. The standard InChI is InChI=1S/C12H15N3OS/c1-4-9-5-10(15(3)14-9)11(16)6-12-13-8(2)7-17-12/h5,7H,4,6H2,1-3H3. The first-order valence-electron chi connectivity index (χ1n) is 5.57. The molecule has 0 fully saturated rings. The van der Waals surface area contributed by atoms with Crippen LogP contribution in [0.2, 0.25) is 0 Å². The first-order valence-corrected chi connectivity index (χ1v) is 6.45. The van der Waals surface area contributed by atoms with Gasteiger partial charge in [-0.15, -0.1) is 11.3 Å². The lowest BCUT2D eigenvalue weighted by molar-refractivity contribution is 0.0984. The van der Waals surface area contributed by atoms with Crippen molar-refractivity contribution >= 4 is 17.1 Å². The molecule has 2 heterocycles. The van der Waals surface area contributed by atoms with Gasteiger partial charge < -0.3 is 0 Å². The number of nitrogens with zero attached hydrogens (tertiary/aromatic N) is 3. The van der Waals surface area contributed by atoms with E-state index in [4.69, 9.17) is 0 Å². The van der Waals surface area contributed by atoms with Gasteiger partial charge in [0, 0.05) is 18.1 Å². The number of carbonyl (C=O) groups is 1. The number of Topliss-reactive ketones (excluding diaryl/α,β-unsaturated/α-hetero) is 1. The Morgan fingerprint density at radius 1 is 1.53 bits per heavy atom. The van der Waals surface area contributed by atoms with Crippen LogP contribution in [0.4, 0.5) is 0 Å². The molecule has 0 radical (unpaired) electrons. The van der Waals surface area contributed by atoms with E-state index in [2.05, 4.69) is 10.1 Å². The summed E-state index contributed by atoms with van der Waals surface area (Å²) in [5.74, 6) is 0.0778. The number of hydrogen-bond donors (Lipinski definition) is 0. The van der Waals surface area contributed by atoms with Crippen LogP contribution in [0, 0.1) is 6.92 Å². The molecule has 0 spiro atoms. The Balaban J connectivity index is 2.16. The van der Waals surface area contributed by atoms with Crippen LogP contribution in [0.15, 0.2) is 11.4 Å². The van der Waals surface area contributed by atoms with E-state index in [0.29, 0.717) is 12.1 Å². The number of ketones is 1. The first-order chi connectivity index (χ1) is 8.10. The summed E-state index contributed by atoms with van der Waals surface area (Å²) in [7, 11) is 1.81. The molecule has 0 saturated heterocycles. The van der Waals surface area contributed by atoms with E-state index >= 15 is 0 Å². The van der Waals surface area contributed by atoms with E-state index in [9.17, 15) is 4.79 Å². The second kappa shape index (κ2) is 4.79. The van der Waals surface area contributed by atoms with Crippen molar-refractivity contribution in [3.63, 3.8) is 0 Å². The van der Waals surface area contributed by atoms with Crippen LogP contribution >= 0.6 is 11.3 Å². The lowest BCUT2D eigenvalue weighted by Crippen LogP contribution is -2.09. The molecule has 0 aromatic carbocycles. The molecule has 0 aliphatic rings. The molecule has 0 amide bonds. The zero-order valence-corrected chi connectivity index (χ0v) is 11.0. The largest absolute Gasteiger partial charge is 0.292 e. The predicted octanol–water partition coefficient (Wildman–Crippen LogP) is 2.17. The molecule has 17 heavy (non-hydrogen) atoms. The van der Waals surface area contributed by atoms with E-state index in [1.807, 2.05) is 25.3 Å². The van der Waals surface area contributed by atoms with Gasteiger partial charge in [0.2, 0.25) is 0 Å². The molecule has 2 rings (SSSR count). The summed E-state index contributed by atoms with van der Waals surface area (Å²) in [6.07, 6.45) is 1.21. The van der Waals surface area contributed by atoms with Crippen LogP contribution in [-0.2, 0) is 19.9 Å². The summed E-state index contributed by atoms with van der Waals surface area (Å²) in [5.41, 5.74) is 2.58. The summed E-state index contributed by atoms with van der Waals surface area (Å²) < 4.78 is 1.65. The first kappa shape index (κ1) is 12.0. The molecule has 5 heteroatoms. The van der Waals surface area contributed by atoms with Crippen LogP contribution in [0.25, 0.3) is 0 Å². The highest BCUT2D eigenvalue weighted by Gasteiger charge is 2.14. The molecule has 0 aliphatic carbocycles. The number of aromatic nitrogens is 3. The molecule has 0 aliphatic heterocycles. The van der Waals surface area contributed by atoms with Gasteiger partial charge in [-0.05, 0) is 19.4 Å². The van der Waals surface area contributed by atoms with Gasteiger partial charge in [-0.25, -0.2) is 4.98 Å². The Bertz CT molecular complexity index is 542. The third-order valence-electron chi connectivity index (χ3n) is 2.56. The second-order valence-corrected chi connectivity index (χ2v) is 4.92. The Morgan fingerprint density at radius 2 is 2.29 bits per heavy atom. The highest BCUT2D eigenvalue weighted by Crippen LogP contribution is 2.13. The monoisotopic (exact) mass is 249 g/mol. The van der Waals surface area contributed by atoms with Gasteiger partial charge in [0.1, 0.15) is 10.7 Å². The van der Waals surface area contributed by atoms with E-state index < -0.39 is 0 Å². The Labute approximate surface area is 104 Å². The van der Waals surface area contributed by atoms with Crippen LogP contribution in [-0.4, -0.2) is 20.5 Å². The fourth-order valence-corrected chi connectivity index (χ4v) is 2.44. The molecule has 0 saturated carbocycles. The molecular formula is C12H15N3OS. The average molecular weight is 249 g/mol. The molecule has 2 aromatic heterocycles. The molecule has 0 bridgehead atoms. The Kier molecular flexibility index (Phi) is 3.38. The number of hydrogen-bond acceptors (Lipinski definition) is 4. The van der Waals surface area contributed by atoms with E-state index in [-0.39, 0.29) is 5.78 Å². The van der Waals surface area contributed by atoms with Gasteiger partial charge >= 0.3 is 0 Å². The van der Waals surface area contributed by atoms with Gasteiger partial charge in [-0.3, -0.25) is 9.48 Å². The SMILES string of the molecule is CCc1cc(C(=O)Cc2nc(C)cs2)n(C)n1. The van der Waals surface area contributed by atoms with Gasteiger partial charge in [0.15, 0.2) is 5.78 Å². The van der Waals surface area contributed by atoms with Crippen molar-refractivity contribution in [1.29, 1.82) is 0 Å². The second-order valence-electron chi connectivity index (χ2n) is 3.98. The van der Waals surface area contributed by atoms with Crippen molar-refractivity contribution in [2.24, 2.45) is 7.05 Å². The Hall–Kier alpha value is -1.49. The maximum absolute atomic E-state index is 12.1. The predicted molar refractivity (Wildman–Crippen MR) is 67.5 cm³/mol. The summed E-state index contributed by atoms with van der Waals surface area (Å²) in [6.45, 7) is 3.96. The highest BCUT2D eigenvalue weighted by atomic mass is 32.1. The maximum Gasteiger partial charge on any atom is 0.187 e. The van der Waals surface area contributed by atoms with E-state index in [1.54, 1.807) is 11.7 Å². The van der Waals surface area contributed by atoms with Crippen molar-refractivity contribution in [1.82, 2.24) is 14.8 Å². The molecule has 2 aromatic rings. The molecule has 0 atom stereocenters. The van der Waals surface area contributed by atoms with Crippen LogP contribution < -0.4 is 0 Å². The maximum atomic E-state index is 12.1. The third kappa shape index (κ3) is 2.61. The minimum absolute atomic E-state index is 0.0778. The van der Waals surface area contributed by atoms with E-state index in [1.165, 1.54) is 11.3 Å². The fraction of sp³-hybridized carbons (Fsp3) is 0.417. The van der Waals surface area contributed by atoms with Gasteiger partial charge in [0.05, 0.1) is 12.1 Å². The summed E-state index contributed by atoms with van der Waals surface area (Å²) in [4.78, 5) is 16.4. The molecular weight excluding hydrogens is 234 g/mol. The van der Waals surface area contributed by atoms with Crippen molar-refractivity contribution < 1.29 is 4.79 Å². The van der Waals surface area contributed by atoms with Gasteiger partial charge in [0.25, 0.3) is 0 Å². The topological polar surface area (TPSA) is 47.8 Å². The molecule has 0 unspecified atom stereocenters. The lowest BCUT2D eigenvalue weighted by atomic mass is 10.2. The van der Waals surface area contributed by atoms with Crippen LogP contribution in [0.1, 0.15) is 33.8 Å². The van der Waals surface area contributed by atoms with Crippen molar-refractivity contribution in [2.45, 2.75) is 26.7 Å². The summed E-state index contributed by atoms with van der Waals surface area (Å²) in [5, 5.41) is 7.10. The fourth-order valence-electron chi connectivity index (χ4n) is 1.67. The van der Waals surface area contributed by atoms with Crippen LogP contribution in [0.5, 0.6) is 0 Å². The van der Waals surface area contributed by atoms with Crippen LogP contribution in [0.3, 0.4) is 0 Å². The zero-order valence-electron chi connectivity index (χ0n) is 10.2.